The van der Waals surface area contributed by atoms with Crippen LogP contribution in [0.15, 0.2) is 60.7 Å². The second kappa shape index (κ2) is 9.00. The van der Waals surface area contributed by atoms with Crippen molar-refractivity contribution in [1.82, 2.24) is 5.32 Å². The molecular weight excluding hydrogens is 392 g/mol. The third kappa shape index (κ3) is 4.99. The summed E-state index contributed by atoms with van der Waals surface area (Å²) in [4.78, 5) is 11.8. The fourth-order valence-electron chi connectivity index (χ4n) is 3.96. The minimum atomic E-state index is -2.03. The summed E-state index contributed by atoms with van der Waals surface area (Å²) in [6.45, 7) is 11.2. The summed E-state index contributed by atoms with van der Waals surface area (Å²) in [7, 11) is -2.03. The molecule has 0 saturated carbocycles. The lowest BCUT2D eigenvalue weighted by Crippen LogP contribution is -2.47. The first-order valence-electron chi connectivity index (χ1n) is 10.8. The largest absolute Gasteiger partial charge is 0.408 e. The molecule has 0 aromatic heterocycles. The zero-order valence-corrected chi connectivity index (χ0v) is 19.7. The molecule has 1 N–H and O–H groups in total. The van der Waals surface area contributed by atoms with Gasteiger partial charge in [0.25, 0.3) is 6.04 Å². The molecule has 5 nitrogen and oxygen atoms in total. The minimum absolute atomic E-state index is 0.0534. The Bertz CT molecular complexity index is 837. The number of nitro groups is 1. The van der Waals surface area contributed by atoms with Gasteiger partial charge in [0.05, 0.1) is 12.1 Å². The van der Waals surface area contributed by atoms with Gasteiger partial charge in [-0.3, -0.25) is 10.1 Å². The molecule has 1 fully saturated rings. The molecule has 0 bridgehead atoms. The Labute approximate surface area is 181 Å². The summed E-state index contributed by atoms with van der Waals surface area (Å²) in [5, 5.41) is 15.6. The van der Waals surface area contributed by atoms with Gasteiger partial charge in [0.1, 0.15) is 0 Å². The minimum Gasteiger partial charge on any atom is -0.408 e. The van der Waals surface area contributed by atoms with E-state index in [0.717, 1.165) is 24.0 Å². The van der Waals surface area contributed by atoms with E-state index in [1.54, 1.807) is 0 Å². The molecule has 0 amide bonds. The van der Waals surface area contributed by atoms with Crippen molar-refractivity contribution < 1.29 is 9.35 Å². The van der Waals surface area contributed by atoms with E-state index in [4.69, 9.17) is 4.43 Å². The first-order valence-corrected chi connectivity index (χ1v) is 13.7. The molecule has 30 heavy (non-hydrogen) atoms. The van der Waals surface area contributed by atoms with Gasteiger partial charge in [-0.15, -0.1) is 0 Å². The van der Waals surface area contributed by atoms with E-state index in [2.05, 4.69) is 51.3 Å². The topological polar surface area (TPSA) is 64.4 Å². The third-order valence-electron chi connectivity index (χ3n) is 6.69. The molecule has 6 heteroatoms. The molecule has 1 aliphatic heterocycles. The smallest absolute Gasteiger partial charge is 0.253 e. The number of nitrogens with one attached hydrogen (secondary N) is 1. The number of rotatable bonds is 7. The van der Waals surface area contributed by atoms with Crippen LogP contribution in [0.4, 0.5) is 0 Å². The van der Waals surface area contributed by atoms with Crippen LogP contribution in [-0.4, -0.2) is 25.3 Å². The molecule has 3 rings (SSSR count). The van der Waals surface area contributed by atoms with Crippen molar-refractivity contribution in [2.75, 3.05) is 0 Å². The average Bonchev–Trinajstić information content (AvgIpc) is 3.16. The molecule has 2 aromatic rings. The maximum absolute atomic E-state index is 11.9. The van der Waals surface area contributed by atoms with Gasteiger partial charge in [0.15, 0.2) is 8.32 Å². The summed E-state index contributed by atoms with van der Waals surface area (Å²) >= 11 is 0. The van der Waals surface area contributed by atoms with Crippen molar-refractivity contribution in [2.45, 2.75) is 76.0 Å². The van der Waals surface area contributed by atoms with E-state index in [1.165, 1.54) is 0 Å². The van der Waals surface area contributed by atoms with Crippen LogP contribution in [0, 0.1) is 10.1 Å². The van der Waals surface area contributed by atoms with Crippen molar-refractivity contribution in [1.29, 1.82) is 0 Å². The van der Waals surface area contributed by atoms with Crippen LogP contribution >= 0.6 is 0 Å². The van der Waals surface area contributed by atoms with Gasteiger partial charge in [0.2, 0.25) is 0 Å². The summed E-state index contributed by atoms with van der Waals surface area (Å²) < 4.78 is 6.87. The van der Waals surface area contributed by atoms with Crippen molar-refractivity contribution in [2.24, 2.45) is 0 Å². The van der Waals surface area contributed by atoms with E-state index in [1.807, 2.05) is 48.5 Å². The molecule has 1 aliphatic rings. The van der Waals surface area contributed by atoms with Crippen LogP contribution in [0.5, 0.6) is 0 Å². The van der Waals surface area contributed by atoms with Gasteiger partial charge < -0.3 is 9.74 Å². The average molecular weight is 427 g/mol. The molecule has 4 atom stereocenters. The van der Waals surface area contributed by atoms with Crippen LogP contribution in [0.3, 0.4) is 0 Å². The molecule has 0 radical (unpaired) electrons. The van der Waals surface area contributed by atoms with E-state index < -0.39 is 14.4 Å². The normalized spacial score (nSPS) is 21.9. The van der Waals surface area contributed by atoms with Gasteiger partial charge in [0, 0.05) is 16.5 Å². The quantitative estimate of drug-likeness (QED) is 0.341. The Hall–Kier alpha value is -2.02. The summed E-state index contributed by atoms with van der Waals surface area (Å²) in [6.07, 6.45) is 1.51. The zero-order valence-electron chi connectivity index (χ0n) is 18.7. The number of hydrogen-bond donors (Lipinski definition) is 1. The lowest BCUT2D eigenvalue weighted by Gasteiger charge is -2.41. The number of hydrogen-bond acceptors (Lipinski definition) is 4. The van der Waals surface area contributed by atoms with Gasteiger partial charge in [-0.2, -0.15) is 0 Å². The highest BCUT2D eigenvalue weighted by atomic mass is 28.4. The Morgan fingerprint density at radius 3 is 1.97 bits per heavy atom. The monoisotopic (exact) mass is 426 g/mol. The number of nitrogens with zero attached hydrogens (tertiary/aromatic N) is 1. The summed E-state index contributed by atoms with van der Waals surface area (Å²) in [6, 6.07) is 18.7. The Morgan fingerprint density at radius 1 is 0.967 bits per heavy atom. The van der Waals surface area contributed by atoms with Crippen molar-refractivity contribution in [3.63, 3.8) is 0 Å². The van der Waals surface area contributed by atoms with E-state index in [9.17, 15) is 10.1 Å². The van der Waals surface area contributed by atoms with Crippen molar-refractivity contribution in [3.05, 3.63) is 81.9 Å². The van der Waals surface area contributed by atoms with Crippen LogP contribution in [-0.2, 0) is 4.43 Å². The van der Waals surface area contributed by atoms with Crippen molar-refractivity contribution >= 4 is 8.32 Å². The molecule has 0 aliphatic carbocycles. The van der Waals surface area contributed by atoms with Gasteiger partial charge in [-0.25, -0.2) is 0 Å². The predicted octanol–water partition coefficient (Wildman–Crippen LogP) is 5.89. The zero-order chi connectivity index (χ0) is 21.9. The highest BCUT2D eigenvalue weighted by molar-refractivity contribution is 6.74. The first-order chi connectivity index (χ1) is 14.1. The fraction of sp³-hybridized carbons (Fsp3) is 0.500. The second-order valence-corrected chi connectivity index (χ2v) is 14.6. The highest BCUT2D eigenvalue weighted by Gasteiger charge is 2.45. The second-order valence-electron chi connectivity index (χ2n) is 9.81. The fourth-order valence-corrected chi connectivity index (χ4v) is 5.25. The Balaban J connectivity index is 1.86. The maximum Gasteiger partial charge on any atom is 0.253 e. The maximum atomic E-state index is 11.9. The van der Waals surface area contributed by atoms with E-state index in [0.29, 0.717) is 0 Å². The van der Waals surface area contributed by atoms with E-state index in [-0.39, 0.29) is 28.1 Å². The number of benzene rings is 2. The van der Waals surface area contributed by atoms with Gasteiger partial charge in [-0.05, 0) is 36.5 Å². The standard InChI is InChI=1S/C24H34N2O3Si/c1-24(2,3)30(4,5)29-23(19-14-10-7-11-15-19)21-17-16-20(25-21)22(26(27)28)18-12-8-6-9-13-18/h6-15,20-23,25H,16-17H2,1-5H3/t20-,21-,22?,23-/m1/s1. The van der Waals surface area contributed by atoms with Crippen molar-refractivity contribution in [3.8, 4) is 0 Å². The molecule has 1 saturated heterocycles. The van der Waals surface area contributed by atoms with Crippen LogP contribution in [0.2, 0.25) is 18.1 Å². The van der Waals surface area contributed by atoms with Crippen LogP contribution < -0.4 is 5.32 Å². The predicted molar refractivity (Wildman–Crippen MR) is 124 cm³/mol. The molecule has 1 heterocycles. The Morgan fingerprint density at radius 2 is 1.47 bits per heavy atom. The first kappa shape index (κ1) is 22.7. The van der Waals surface area contributed by atoms with Crippen LogP contribution in [0.25, 0.3) is 0 Å². The van der Waals surface area contributed by atoms with Gasteiger partial charge >= 0.3 is 0 Å². The van der Waals surface area contributed by atoms with E-state index >= 15 is 0 Å². The molecule has 1 unspecified atom stereocenters. The molecular formula is C24H34N2O3Si. The molecule has 0 spiro atoms. The summed E-state index contributed by atoms with van der Waals surface area (Å²) in [5.74, 6) is 0. The lowest BCUT2D eigenvalue weighted by atomic mass is 9.98. The summed E-state index contributed by atoms with van der Waals surface area (Å²) in [5.41, 5.74) is 1.89. The molecule has 162 valence electrons. The van der Waals surface area contributed by atoms with Crippen LogP contribution in [0.1, 0.15) is 56.9 Å². The lowest BCUT2D eigenvalue weighted by molar-refractivity contribution is -0.533. The van der Waals surface area contributed by atoms with Gasteiger partial charge in [-0.1, -0.05) is 81.4 Å². The third-order valence-corrected chi connectivity index (χ3v) is 11.1. The highest BCUT2D eigenvalue weighted by Crippen LogP contribution is 2.42. The Kier molecular flexibility index (Phi) is 6.80. The SMILES string of the molecule is CC(C)(C)[Si](C)(C)O[C@H](c1ccccc1)[C@H]1CC[C@H](C(c2ccccc2)[N+](=O)[O-])N1. The molecule has 2 aromatic carbocycles.